The fourth-order valence-corrected chi connectivity index (χ4v) is 3.23. The first-order valence-electron chi connectivity index (χ1n) is 5.32. The third-order valence-electron chi connectivity index (χ3n) is 2.39. The van der Waals surface area contributed by atoms with Gasteiger partial charge in [0.2, 0.25) is 10.0 Å². The van der Waals surface area contributed by atoms with Crippen molar-refractivity contribution in [1.29, 1.82) is 0 Å². The first-order valence-corrected chi connectivity index (χ1v) is 7.68. The van der Waals surface area contributed by atoms with Gasteiger partial charge < -0.3 is 11.5 Å². The molecule has 5 nitrogen and oxygen atoms in total. The van der Waals surface area contributed by atoms with Gasteiger partial charge in [0.05, 0.1) is 5.69 Å². The van der Waals surface area contributed by atoms with Crippen molar-refractivity contribution in [2.45, 2.75) is 14.7 Å². The molecule has 0 amide bonds. The Morgan fingerprint density at radius 1 is 0.947 bits per heavy atom. The fraction of sp³-hybridized carbons (Fsp3) is 0. The number of hydrogen-bond donors (Lipinski definition) is 3. The van der Waals surface area contributed by atoms with Gasteiger partial charge in [0.25, 0.3) is 0 Å². The molecule has 0 fully saturated rings. The van der Waals surface area contributed by atoms with E-state index < -0.39 is 10.0 Å². The lowest BCUT2D eigenvalue weighted by atomic mass is 10.3. The highest BCUT2D eigenvalue weighted by atomic mass is 32.2. The number of rotatable bonds is 3. The van der Waals surface area contributed by atoms with E-state index in [4.69, 9.17) is 16.6 Å². The molecule has 0 saturated heterocycles. The summed E-state index contributed by atoms with van der Waals surface area (Å²) in [5.41, 5.74) is 12.1. The molecule has 0 atom stereocenters. The van der Waals surface area contributed by atoms with Gasteiger partial charge in [-0.1, -0.05) is 17.8 Å². The third-order valence-corrected chi connectivity index (χ3v) is 4.33. The normalized spacial score (nSPS) is 11.4. The lowest BCUT2D eigenvalue weighted by Crippen LogP contribution is -2.14. The van der Waals surface area contributed by atoms with Crippen LogP contribution >= 0.6 is 11.8 Å². The fourth-order valence-electron chi connectivity index (χ4n) is 1.54. The largest absolute Gasteiger partial charge is 0.399 e. The van der Waals surface area contributed by atoms with Gasteiger partial charge in [0.15, 0.2) is 0 Å². The number of nitrogens with two attached hydrogens (primary N) is 3. The molecular formula is C12H13N3O2S2. The minimum Gasteiger partial charge on any atom is -0.399 e. The first-order chi connectivity index (χ1) is 8.86. The van der Waals surface area contributed by atoms with Crippen molar-refractivity contribution < 1.29 is 8.42 Å². The molecule has 0 heterocycles. The quantitative estimate of drug-likeness (QED) is 0.745. The van der Waals surface area contributed by atoms with Crippen LogP contribution in [0, 0.1) is 0 Å². The Kier molecular flexibility index (Phi) is 3.70. The average Bonchev–Trinajstić information content (AvgIpc) is 2.30. The Morgan fingerprint density at radius 2 is 1.63 bits per heavy atom. The van der Waals surface area contributed by atoms with Crippen molar-refractivity contribution in [1.82, 2.24) is 0 Å². The number of nitrogen functional groups attached to an aromatic ring is 2. The van der Waals surface area contributed by atoms with E-state index in [0.717, 1.165) is 9.79 Å². The molecule has 0 aliphatic rings. The van der Waals surface area contributed by atoms with E-state index in [-0.39, 0.29) is 10.6 Å². The zero-order valence-electron chi connectivity index (χ0n) is 9.91. The Balaban J connectivity index is 2.37. The minimum atomic E-state index is -3.82. The second-order valence-electron chi connectivity index (χ2n) is 3.92. The molecule has 6 N–H and O–H groups in total. The van der Waals surface area contributed by atoms with Crippen molar-refractivity contribution in [2.24, 2.45) is 5.14 Å². The summed E-state index contributed by atoms with van der Waals surface area (Å²) in [6.07, 6.45) is 0. The standard InChI is InChI=1S/C12H13N3O2S2/c13-8-2-1-3-9(6-8)18-10-4-5-11(14)12(7-10)19(15,16)17/h1-7H,13-14H2,(H2,15,16,17). The van der Waals surface area contributed by atoms with Crippen LogP contribution in [0.1, 0.15) is 0 Å². The molecule has 2 aromatic rings. The molecule has 19 heavy (non-hydrogen) atoms. The SMILES string of the molecule is Nc1cccc(Sc2ccc(N)c(S(N)(=O)=O)c2)c1. The molecule has 0 bridgehead atoms. The van der Waals surface area contributed by atoms with Gasteiger partial charge in [-0.25, -0.2) is 13.6 Å². The second-order valence-corrected chi connectivity index (χ2v) is 6.60. The van der Waals surface area contributed by atoms with Crippen LogP contribution in [0.2, 0.25) is 0 Å². The maximum Gasteiger partial charge on any atom is 0.240 e. The minimum absolute atomic E-state index is 0.0681. The van der Waals surface area contributed by atoms with Crippen LogP contribution in [0.5, 0.6) is 0 Å². The predicted molar refractivity (Wildman–Crippen MR) is 77.2 cm³/mol. The maximum absolute atomic E-state index is 11.4. The van der Waals surface area contributed by atoms with Gasteiger partial charge >= 0.3 is 0 Å². The van der Waals surface area contributed by atoms with Crippen LogP contribution in [-0.2, 0) is 10.0 Å². The summed E-state index contributed by atoms with van der Waals surface area (Å²) in [6, 6.07) is 12.0. The molecule has 2 aromatic carbocycles. The molecule has 0 aliphatic heterocycles. The summed E-state index contributed by atoms with van der Waals surface area (Å²) >= 11 is 1.39. The smallest absolute Gasteiger partial charge is 0.240 e. The molecule has 7 heteroatoms. The van der Waals surface area contributed by atoms with Gasteiger partial charge in [0.1, 0.15) is 4.90 Å². The number of sulfonamides is 1. The van der Waals surface area contributed by atoms with Crippen LogP contribution in [0.3, 0.4) is 0 Å². The zero-order valence-corrected chi connectivity index (χ0v) is 11.5. The van der Waals surface area contributed by atoms with Gasteiger partial charge in [-0.15, -0.1) is 0 Å². The van der Waals surface area contributed by atoms with E-state index in [9.17, 15) is 8.42 Å². The molecule has 2 rings (SSSR count). The molecule has 0 saturated carbocycles. The van der Waals surface area contributed by atoms with Crippen molar-refractivity contribution in [2.75, 3.05) is 11.5 Å². The highest BCUT2D eigenvalue weighted by Gasteiger charge is 2.13. The van der Waals surface area contributed by atoms with Crippen LogP contribution < -0.4 is 16.6 Å². The summed E-state index contributed by atoms with van der Waals surface area (Å²) in [5.74, 6) is 0. The molecule has 0 spiro atoms. The monoisotopic (exact) mass is 295 g/mol. The number of benzene rings is 2. The van der Waals surface area contributed by atoms with E-state index in [2.05, 4.69) is 0 Å². The third kappa shape index (κ3) is 3.40. The van der Waals surface area contributed by atoms with Crippen molar-refractivity contribution in [3.63, 3.8) is 0 Å². The zero-order chi connectivity index (χ0) is 14.0. The lowest BCUT2D eigenvalue weighted by molar-refractivity contribution is 0.598. The van der Waals surface area contributed by atoms with E-state index in [1.165, 1.54) is 23.9 Å². The lowest BCUT2D eigenvalue weighted by Gasteiger charge is -2.07. The van der Waals surface area contributed by atoms with E-state index in [1.54, 1.807) is 18.2 Å². The van der Waals surface area contributed by atoms with Gasteiger partial charge in [-0.3, -0.25) is 0 Å². The topological polar surface area (TPSA) is 112 Å². The van der Waals surface area contributed by atoms with E-state index >= 15 is 0 Å². The molecule has 100 valence electrons. The van der Waals surface area contributed by atoms with Crippen LogP contribution in [0.4, 0.5) is 11.4 Å². The average molecular weight is 295 g/mol. The van der Waals surface area contributed by atoms with E-state index in [1.807, 2.05) is 12.1 Å². The van der Waals surface area contributed by atoms with Crippen molar-refractivity contribution in [3.05, 3.63) is 42.5 Å². The Bertz CT molecular complexity index is 715. The second kappa shape index (κ2) is 5.12. The molecule has 0 aliphatic carbocycles. The summed E-state index contributed by atoms with van der Waals surface area (Å²) < 4.78 is 22.8. The Morgan fingerprint density at radius 3 is 2.26 bits per heavy atom. The highest BCUT2D eigenvalue weighted by Crippen LogP contribution is 2.31. The molecule has 0 aromatic heterocycles. The summed E-state index contributed by atoms with van der Waals surface area (Å²) in [6.45, 7) is 0. The molecular weight excluding hydrogens is 282 g/mol. The summed E-state index contributed by atoms with van der Waals surface area (Å²) in [5, 5.41) is 5.11. The van der Waals surface area contributed by atoms with Crippen LogP contribution in [0.25, 0.3) is 0 Å². The van der Waals surface area contributed by atoms with E-state index in [0.29, 0.717) is 5.69 Å². The Hall–Kier alpha value is -1.70. The first kappa shape index (κ1) is 13.7. The van der Waals surface area contributed by atoms with Crippen molar-refractivity contribution >= 4 is 33.2 Å². The number of hydrogen-bond acceptors (Lipinski definition) is 5. The molecule has 0 unspecified atom stereocenters. The van der Waals surface area contributed by atoms with Crippen molar-refractivity contribution in [3.8, 4) is 0 Å². The van der Waals surface area contributed by atoms with Gasteiger partial charge in [0, 0.05) is 15.5 Å². The molecule has 0 radical (unpaired) electrons. The number of primary sulfonamides is 1. The number of anilines is 2. The summed E-state index contributed by atoms with van der Waals surface area (Å²) in [4.78, 5) is 1.57. The van der Waals surface area contributed by atoms with Gasteiger partial charge in [-0.2, -0.15) is 0 Å². The highest BCUT2D eigenvalue weighted by molar-refractivity contribution is 7.99. The predicted octanol–water partition coefficient (Wildman–Crippen LogP) is 1.65. The van der Waals surface area contributed by atoms with Crippen LogP contribution in [-0.4, -0.2) is 8.42 Å². The maximum atomic E-state index is 11.4. The summed E-state index contributed by atoms with van der Waals surface area (Å²) in [7, 11) is -3.82. The van der Waals surface area contributed by atoms with Crippen LogP contribution in [0.15, 0.2) is 57.2 Å². The Labute approximate surface area is 115 Å². The van der Waals surface area contributed by atoms with Gasteiger partial charge in [-0.05, 0) is 36.4 Å².